The van der Waals surface area contributed by atoms with Gasteiger partial charge in [-0.3, -0.25) is 19.8 Å². The summed E-state index contributed by atoms with van der Waals surface area (Å²) in [5, 5.41) is 2.57. The normalized spacial score (nSPS) is 15.0. The monoisotopic (exact) mass is 438 g/mol. The molecule has 1 N–H and O–H groups in total. The SMILES string of the molecule is C=CCN1C(=O)/C(=C/c2cc(OC)c(OC)c(OCc3ccccc3)c2)C(=O)NC1=S. The van der Waals surface area contributed by atoms with Gasteiger partial charge in [-0.05, 0) is 41.6 Å². The molecule has 1 aliphatic heterocycles. The van der Waals surface area contributed by atoms with Crippen LogP contribution in [0, 0.1) is 0 Å². The fraction of sp³-hybridized carbons (Fsp3) is 0.174. The summed E-state index contributed by atoms with van der Waals surface area (Å²) in [4.78, 5) is 26.5. The number of methoxy groups -OCH3 is 2. The van der Waals surface area contributed by atoms with E-state index >= 15 is 0 Å². The summed E-state index contributed by atoms with van der Waals surface area (Å²) in [5.41, 5.74) is 1.45. The zero-order valence-corrected chi connectivity index (χ0v) is 18.0. The molecular formula is C23H22N2O5S. The lowest BCUT2D eigenvalue weighted by atomic mass is 10.1. The van der Waals surface area contributed by atoms with E-state index in [4.69, 9.17) is 26.4 Å². The summed E-state index contributed by atoms with van der Waals surface area (Å²) in [6, 6.07) is 13.0. The Bertz CT molecular complexity index is 1050. The minimum absolute atomic E-state index is 0.0474. The quantitative estimate of drug-likeness (QED) is 0.295. The van der Waals surface area contributed by atoms with Gasteiger partial charge in [0.05, 0.1) is 14.2 Å². The predicted octanol–water partition coefficient (Wildman–Crippen LogP) is 3.10. The average molecular weight is 439 g/mol. The van der Waals surface area contributed by atoms with Crippen molar-refractivity contribution < 1.29 is 23.8 Å². The lowest BCUT2D eigenvalue weighted by Crippen LogP contribution is -2.53. The van der Waals surface area contributed by atoms with Crippen molar-refractivity contribution >= 4 is 35.2 Å². The van der Waals surface area contributed by atoms with Crippen molar-refractivity contribution in [1.29, 1.82) is 0 Å². The van der Waals surface area contributed by atoms with Gasteiger partial charge in [-0.25, -0.2) is 0 Å². The molecule has 7 nitrogen and oxygen atoms in total. The molecule has 1 fully saturated rings. The van der Waals surface area contributed by atoms with Gasteiger partial charge in [-0.15, -0.1) is 6.58 Å². The molecule has 2 aromatic carbocycles. The Morgan fingerprint density at radius 1 is 1.10 bits per heavy atom. The number of nitrogens with one attached hydrogen (secondary N) is 1. The third-order valence-corrected chi connectivity index (χ3v) is 4.84. The summed E-state index contributed by atoms with van der Waals surface area (Å²) in [6.45, 7) is 4.11. The molecule has 0 radical (unpaired) electrons. The molecule has 0 bridgehead atoms. The number of hydrogen-bond acceptors (Lipinski definition) is 6. The molecular weight excluding hydrogens is 416 g/mol. The number of rotatable bonds is 8. The van der Waals surface area contributed by atoms with Crippen LogP contribution in [0.15, 0.2) is 60.7 Å². The third-order valence-electron chi connectivity index (χ3n) is 4.51. The van der Waals surface area contributed by atoms with Gasteiger partial charge in [0, 0.05) is 6.54 Å². The first-order chi connectivity index (χ1) is 15.0. The molecule has 1 heterocycles. The first-order valence-electron chi connectivity index (χ1n) is 9.41. The Morgan fingerprint density at radius 2 is 1.81 bits per heavy atom. The van der Waals surface area contributed by atoms with E-state index in [9.17, 15) is 9.59 Å². The number of thiocarbonyl (C=S) groups is 1. The van der Waals surface area contributed by atoms with Crippen LogP contribution in [0.4, 0.5) is 0 Å². The van der Waals surface area contributed by atoms with Gasteiger partial charge in [0.15, 0.2) is 16.6 Å². The zero-order valence-electron chi connectivity index (χ0n) is 17.2. The molecule has 2 amide bonds. The minimum atomic E-state index is -0.572. The number of ether oxygens (including phenoxy) is 3. The molecule has 0 aliphatic carbocycles. The topological polar surface area (TPSA) is 77.1 Å². The van der Waals surface area contributed by atoms with Gasteiger partial charge in [0.1, 0.15) is 12.2 Å². The van der Waals surface area contributed by atoms with Crippen LogP contribution in [-0.2, 0) is 16.2 Å². The fourth-order valence-electron chi connectivity index (χ4n) is 3.03. The van der Waals surface area contributed by atoms with Gasteiger partial charge in [-0.1, -0.05) is 36.4 Å². The molecule has 160 valence electrons. The second-order valence-electron chi connectivity index (χ2n) is 6.55. The van der Waals surface area contributed by atoms with E-state index in [1.165, 1.54) is 31.3 Å². The highest BCUT2D eigenvalue weighted by Gasteiger charge is 2.32. The van der Waals surface area contributed by atoms with Crippen LogP contribution >= 0.6 is 12.2 Å². The van der Waals surface area contributed by atoms with Gasteiger partial charge in [-0.2, -0.15) is 0 Å². The fourth-order valence-corrected chi connectivity index (χ4v) is 3.28. The van der Waals surface area contributed by atoms with E-state index < -0.39 is 11.8 Å². The highest BCUT2D eigenvalue weighted by atomic mass is 32.1. The molecule has 0 saturated carbocycles. The van der Waals surface area contributed by atoms with Crippen LogP contribution in [0.25, 0.3) is 6.08 Å². The maximum atomic E-state index is 12.8. The largest absolute Gasteiger partial charge is 0.493 e. The molecule has 0 aromatic heterocycles. The molecule has 0 atom stereocenters. The number of nitrogens with zero attached hydrogens (tertiary/aromatic N) is 1. The highest BCUT2D eigenvalue weighted by Crippen LogP contribution is 2.39. The Hall–Kier alpha value is -3.65. The molecule has 3 rings (SSSR count). The first-order valence-corrected chi connectivity index (χ1v) is 9.81. The van der Waals surface area contributed by atoms with E-state index in [-0.39, 0.29) is 17.2 Å². The molecule has 2 aromatic rings. The third kappa shape index (κ3) is 4.92. The lowest BCUT2D eigenvalue weighted by molar-refractivity contribution is -0.128. The number of hydrogen-bond donors (Lipinski definition) is 1. The second-order valence-corrected chi connectivity index (χ2v) is 6.94. The van der Waals surface area contributed by atoms with Crippen molar-refractivity contribution in [1.82, 2.24) is 10.2 Å². The summed E-state index contributed by atoms with van der Waals surface area (Å²) in [6.07, 6.45) is 3.00. The summed E-state index contributed by atoms with van der Waals surface area (Å²) < 4.78 is 16.8. The Morgan fingerprint density at radius 3 is 2.45 bits per heavy atom. The summed E-state index contributed by atoms with van der Waals surface area (Å²) in [7, 11) is 3.01. The van der Waals surface area contributed by atoms with Crippen LogP contribution in [0.5, 0.6) is 17.2 Å². The van der Waals surface area contributed by atoms with Crippen molar-refractivity contribution in [3.8, 4) is 17.2 Å². The molecule has 1 aliphatic rings. The highest BCUT2D eigenvalue weighted by molar-refractivity contribution is 7.80. The number of benzene rings is 2. The minimum Gasteiger partial charge on any atom is -0.493 e. The molecule has 0 spiro atoms. The van der Waals surface area contributed by atoms with Crippen molar-refractivity contribution in [2.24, 2.45) is 0 Å². The maximum absolute atomic E-state index is 12.8. The number of carbonyl (C=O) groups excluding carboxylic acids is 2. The lowest BCUT2D eigenvalue weighted by Gasteiger charge is -2.27. The number of carbonyl (C=O) groups is 2. The van der Waals surface area contributed by atoms with E-state index in [0.717, 1.165) is 5.56 Å². The van der Waals surface area contributed by atoms with Gasteiger partial charge in [0.25, 0.3) is 11.8 Å². The van der Waals surface area contributed by atoms with Crippen molar-refractivity contribution in [3.05, 3.63) is 71.8 Å². The summed E-state index contributed by atoms with van der Waals surface area (Å²) in [5.74, 6) is 0.156. The maximum Gasteiger partial charge on any atom is 0.265 e. The second kappa shape index (κ2) is 9.90. The molecule has 31 heavy (non-hydrogen) atoms. The van der Waals surface area contributed by atoms with E-state index in [1.54, 1.807) is 12.1 Å². The molecule has 1 saturated heterocycles. The van der Waals surface area contributed by atoms with Crippen LogP contribution in [0.3, 0.4) is 0 Å². The number of amides is 2. The van der Waals surface area contributed by atoms with Crippen LogP contribution in [0.1, 0.15) is 11.1 Å². The Kier molecular flexibility index (Phi) is 7.04. The van der Waals surface area contributed by atoms with Crippen molar-refractivity contribution in [2.75, 3.05) is 20.8 Å². The summed E-state index contributed by atoms with van der Waals surface area (Å²) >= 11 is 5.08. The van der Waals surface area contributed by atoms with Crippen molar-refractivity contribution in [3.63, 3.8) is 0 Å². The Balaban J connectivity index is 1.98. The molecule has 8 heteroatoms. The van der Waals surface area contributed by atoms with E-state index in [1.807, 2.05) is 30.3 Å². The van der Waals surface area contributed by atoms with E-state index in [2.05, 4.69) is 11.9 Å². The van der Waals surface area contributed by atoms with Crippen LogP contribution in [0.2, 0.25) is 0 Å². The van der Waals surface area contributed by atoms with Gasteiger partial charge >= 0.3 is 0 Å². The average Bonchev–Trinajstić information content (AvgIpc) is 2.78. The van der Waals surface area contributed by atoms with Crippen LogP contribution < -0.4 is 19.5 Å². The smallest absolute Gasteiger partial charge is 0.265 e. The predicted molar refractivity (Wildman–Crippen MR) is 121 cm³/mol. The zero-order chi connectivity index (χ0) is 22.4. The van der Waals surface area contributed by atoms with Gasteiger partial charge < -0.3 is 14.2 Å². The first kappa shape index (κ1) is 22.0. The Labute approximate surface area is 185 Å². The van der Waals surface area contributed by atoms with Crippen molar-refractivity contribution in [2.45, 2.75) is 6.61 Å². The van der Waals surface area contributed by atoms with Crippen LogP contribution in [-0.4, -0.2) is 42.6 Å². The van der Waals surface area contributed by atoms with E-state index in [0.29, 0.717) is 29.4 Å². The standard InChI is InChI=1S/C23H22N2O5S/c1-4-10-25-22(27)17(21(26)24-23(25)31)11-16-12-18(28-2)20(29-3)19(13-16)30-14-15-8-6-5-7-9-15/h4-9,11-13H,1,10,14H2,2-3H3,(H,24,26,31)/b17-11+. The molecule has 0 unspecified atom stereocenters. The van der Waals surface area contributed by atoms with Gasteiger partial charge in [0.2, 0.25) is 5.75 Å².